The minimum atomic E-state index is -1.22. The Kier molecular flexibility index (Phi) is 4.13. The molecule has 0 bridgehead atoms. The molecule has 3 heteroatoms. The lowest BCUT2D eigenvalue weighted by atomic mass is 9.74. The number of allylic oxidation sites excluding steroid dienone is 1. The van der Waals surface area contributed by atoms with E-state index in [0.29, 0.717) is 23.1 Å². The Balaban J connectivity index is 2.73. The minimum absolute atomic E-state index is 0.0933. The van der Waals surface area contributed by atoms with Crippen LogP contribution in [0.25, 0.3) is 0 Å². The first-order chi connectivity index (χ1) is 10.0. The van der Waals surface area contributed by atoms with Gasteiger partial charge in [0, 0.05) is 5.56 Å². The molecule has 3 nitrogen and oxygen atoms in total. The quantitative estimate of drug-likeness (QED) is 0.825. The van der Waals surface area contributed by atoms with Crippen molar-refractivity contribution >= 4 is 5.97 Å². The second-order valence-electron chi connectivity index (χ2n) is 5.09. The lowest BCUT2D eigenvalue weighted by Gasteiger charge is -2.28. The zero-order valence-corrected chi connectivity index (χ0v) is 11.9. The largest absolute Gasteiger partial charge is 0.508 e. The molecule has 0 aliphatic rings. The van der Waals surface area contributed by atoms with Crippen molar-refractivity contribution in [2.45, 2.75) is 18.8 Å². The van der Waals surface area contributed by atoms with Gasteiger partial charge in [-0.05, 0) is 30.5 Å². The highest BCUT2D eigenvalue weighted by Crippen LogP contribution is 2.37. The van der Waals surface area contributed by atoms with E-state index in [-0.39, 0.29) is 5.75 Å². The molecular formula is C18H18O3. The SMILES string of the molecule is C=CCc1c(O)cccc1C(C)(C(=O)O)c1ccccc1. The molecule has 0 amide bonds. The molecule has 0 aliphatic carbocycles. The second kappa shape index (κ2) is 5.83. The summed E-state index contributed by atoms with van der Waals surface area (Å²) in [5.74, 6) is -0.861. The van der Waals surface area contributed by atoms with Crippen molar-refractivity contribution in [3.63, 3.8) is 0 Å². The molecule has 2 N–H and O–H groups in total. The van der Waals surface area contributed by atoms with Gasteiger partial charge in [0.25, 0.3) is 0 Å². The first kappa shape index (κ1) is 14.9. The number of hydrogen-bond acceptors (Lipinski definition) is 2. The van der Waals surface area contributed by atoms with E-state index >= 15 is 0 Å². The van der Waals surface area contributed by atoms with Crippen LogP contribution in [-0.2, 0) is 16.6 Å². The standard InChI is InChI=1S/C18H18O3/c1-3-8-14-15(11-7-12-16(14)19)18(2,17(20)21)13-9-5-4-6-10-13/h3-7,9-12,19H,1,8H2,2H3,(H,20,21). The first-order valence-electron chi connectivity index (χ1n) is 6.73. The van der Waals surface area contributed by atoms with Crippen molar-refractivity contribution in [2.75, 3.05) is 0 Å². The molecule has 0 saturated carbocycles. The highest BCUT2D eigenvalue weighted by molar-refractivity contribution is 5.86. The molecule has 0 fully saturated rings. The van der Waals surface area contributed by atoms with Gasteiger partial charge in [-0.1, -0.05) is 48.5 Å². The number of aromatic hydroxyl groups is 1. The van der Waals surface area contributed by atoms with Crippen molar-refractivity contribution in [1.82, 2.24) is 0 Å². The zero-order valence-electron chi connectivity index (χ0n) is 11.9. The van der Waals surface area contributed by atoms with Gasteiger partial charge in [0.1, 0.15) is 11.2 Å². The predicted octanol–water partition coefficient (Wildman–Crippen LogP) is 3.51. The van der Waals surface area contributed by atoms with Crippen LogP contribution in [-0.4, -0.2) is 16.2 Å². The van der Waals surface area contributed by atoms with Gasteiger partial charge in [-0.2, -0.15) is 0 Å². The van der Waals surface area contributed by atoms with E-state index < -0.39 is 11.4 Å². The number of carbonyl (C=O) groups is 1. The normalized spacial score (nSPS) is 13.4. The molecule has 1 unspecified atom stereocenters. The number of carboxylic acid groups (broad SMARTS) is 1. The second-order valence-corrected chi connectivity index (χ2v) is 5.09. The van der Waals surface area contributed by atoms with E-state index in [4.69, 9.17) is 0 Å². The molecule has 0 aromatic heterocycles. The summed E-state index contributed by atoms with van der Waals surface area (Å²) >= 11 is 0. The number of benzene rings is 2. The summed E-state index contributed by atoms with van der Waals surface area (Å²) in [5, 5.41) is 19.9. The monoisotopic (exact) mass is 282 g/mol. The van der Waals surface area contributed by atoms with Crippen LogP contribution in [0.4, 0.5) is 0 Å². The van der Waals surface area contributed by atoms with Crippen molar-refractivity contribution in [2.24, 2.45) is 0 Å². The van der Waals surface area contributed by atoms with E-state index in [2.05, 4.69) is 6.58 Å². The fraction of sp³-hybridized carbons (Fsp3) is 0.167. The third-order valence-corrected chi connectivity index (χ3v) is 3.82. The van der Waals surface area contributed by atoms with Crippen LogP contribution >= 0.6 is 0 Å². The average molecular weight is 282 g/mol. The summed E-state index contributed by atoms with van der Waals surface area (Å²) in [6.07, 6.45) is 2.07. The van der Waals surface area contributed by atoms with Crippen molar-refractivity contribution < 1.29 is 15.0 Å². The van der Waals surface area contributed by atoms with E-state index in [1.807, 2.05) is 18.2 Å². The Labute approximate surface area is 124 Å². The third-order valence-electron chi connectivity index (χ3n) is 3.82. The summed E-state index contributed by atoms with van der Waals surface area (Å²) in [6, 6.07) is 14.0. The summed E-state index contributed by atoms with van der Waals surface area (Å²) in [6.45, 7) is 5.34. The van der Waals surface area contributed by atoms with Gasteiger partial charge in [0.2, 0.25) is 0 Å². The van der Waals surface area contributed by atoms with Gasteiger partial charge in [0.15, 0.2) is 0 Å². The molecule has 2 aromatic rings. The van der Waals surface area contributed by atoms with Crippen LogP contribution in [0.15, 0.2) is 61.2 Å². The van der Waals surface area contributed by atoms with E-state index in [9.17, 15) is 15.0 Å². The van der Waals surface area contributed by atoms with Gasteiger partial charge in [-0.3, -0.25) is 4.79 Å². The number of rotatable bonds is 5. The summed E-state index contributed by atoms with van der Waals surface area (Å²) in [7, 11) is 0. The Morgan fingerprint density at radius 1 is 1.19 bits per heavy atom. The van der Waals surface area contributed by atoms with Crippen LogP contribution in [0.1, 0.15) is 23.6 Å². The average Bonchev–Trinajstić information content (AvgIpc) is 2.49. The number of phenols is 1. The molecule has 0 radical (unpaired) electrons. The summed E-state index contributed by atoms with van der Waals surface area (Å²) < 4.78 is 0. The van der Waals surface area contributed by atoms with Crippen molar-refractivity contribution in [1.29, 1.82) is 0 Å². The molecule has 21 heavy (non-hydrogen) atoms. The summed E-state index contributed by atoms with van der Waals surface area (Å²) in [4.78, 5) is 12.0. The topological polar surface area (TPSA) is 57.5 Å². The molecule has 0 saturated heterocycles. The van der Waals surface area contributed by atoms with Crippen LogP contribution in [0.5, 0.6) is 5.75 Å². The van der Waals surface area contributed by atoms with Crippen molar-refractivity contribution in [3.8, 4) is 5.75 Å². The number of hydrogen-bond donors (Lipinski definition) is 2. The van der Waals surface area contributed by atoms with Crippen LogP contribution in [0, 0.1) is 0 Å². The molecular weight excluding hydrogens is 264 g/mol. The van der Waals surface area contributed by atoms with Crippen molar-refractivity contribution in [3.05, 3.63) is 77.9 Å². The van der Waals surface area contributed by atoms with E-state index in [0.717, 1.165) is 0 Å². The molecule has 2 aromatic carbocycles. The Hall–Kier alpha value is -2.55. The lowest BCUT2D eigenvalue weighted by molar-refractivity contribution is -0.141. The molecule has 0 spiro atoms. The van der Waals surface area contributed by atoms with Gasteiger partial charge in [-0.15, -0.1) is 6.58 Å². The maximum absolute atomic E-state index is 12.0. The smallest absolute Gasteiger partial charge is 0.318 e. The highest BCUT2D eigenvalue weighted by atomic mass is 16.4. The fourth-order valence-corrected chi connectivity index (χ4v) is 2.57. The van der Waals surface area contributed by atoms with Crippen LogP contribution in [0.3, 0.4) is 0 Å². The number of aliphatic carboxylic acids is 1. The predicted molar refractivity (Wildman–Crippen MR) is 82.5 cm³/mol. The molecule has 108 valence electrons. The van der Waals surface area contributed by atoms with E-state index in [1.165, 1.54) is 0 Å². The van der Waals surface area contributed by atoms with Crippen LogP contribution < -0.4 is 0 Å². The third kappa shape index (κ3) is 2.55. The maximum Gasteiger partial charge on any atom is 0.318 e. The fourth-order valence-electron chi connectivity index (χ4n) is 2.57. The lowest BCUT2D eigenvalue weighted by Crippen LogP contribution is -2.34. The Morgan fingerprint density at radius 2 is 1.86 bits per heavy atom. The van der Waals surface area contributed by atoms with Gasteiger partial charge < -0.3 is 10.2 Å². The van der Waals surface area contributed by atoms with Crippen LogP contribution in [0.2, 0.25) is 0 Å². The van der Waals surface area contributed by atoms with E-state index in [1.54, 1.807) is 43.3 Å². The van der Waals surface area contributed by atoms with Gasteiger partial charge in [0.05, 0.1) is 0 Å². The Bertz CT molecular complexity index is 661. The molecule has 0 aliphatic heterocycles. The van der Waals surface area contributed by atoms with Gasteiger partial charge >= 0.3 is 5.97 Å². The zero-order chi connectivity index (χ0) is 15.5. The Morgan fingerprint density at radius 3 is 2.43 bits per heavy atom. The maximum atomic E-state index is 12.0. The van der Waals surface area contributed by atoms with Gasteiger partial charge in [-0.25, -0.2) is 0 Å². The first-order valence-corrected chi connectivity index (χ1v) is 6.73. The molecule has 2 rings (SSSR count). The molecule has 1 atom stereocenters. The summed E-state index contributed by atoms with van der Waals surface area (Å²) in [5.41, 5.74) is 0.633. The number of carboxylic acids is 1. The molecule has 0 heterocycles. The minimum Gasteiger partial charge on any atom is -0.508 e. The highest BCUT2D eigenvalue weighted by Gasteiger charge is 2.39. The number of phenolic OH excluding ortho intramolecular Hbond substituents is 1.